The second-order valence-corrected chi connectivity index (χ2v) is 12.3. The highest BCUT2D eigenvalue weighted by atomic mass is 16.3. The number of phenols is 1. The quantitative estimate of drug-likeness (QED) is 0.598. The van der Waals surface area contributed by atoms with Crippen LogP contribution in [0.15, 0.2) is 41.2 Å². The van der Waals surface area contributed by atoms with Crippen LogP contribution in [0, 0.1) is 17.3 Å². The predicted molar refractivity (Wildman–Crippen MR) is 145 cm³/mol. The van der Waals surface area contributed by atoms with Gasteiger partial charge in [-0.1, -0.05) is 19.1 Å². The lowest BCUT2D eigenvalue weighted by molar-refractivity contribution is -0.0893. The monoisotopic (exact) mass is 503 g/mol. The van der Waals surface area contributed by atoms with E-state index in [2.05, 4.69) is 35.9 Å². The first-order valence-corrected chi connectivity index (χ1v) is 14.3. The molecule has 5 atom stereocenters. The maximum atomic E-state index is 13.6. The van der Waals surface area contributed by atoms with Crippen LogP contribution in [0.1, 0.15) is 80.4 Å². The minimum Gasteiger partial charge on any atom is -0.508 e. The molecule has 0 radical (unpaired) electrons. The summed E-state index contributed by atoms with van der Waals surface area (Å²) in [6.45, 7) is 6.98. The van der Waals surface area contributed by atoms with Crippen molar-refractivity contribution in [3.63, 3.8) is 0 Å². The van der Waals surface area contributed by atoms with Gasteiger partial charge in [-0.05, 0) is 111 Å². The Bertz CT molecular complexity index is 1250. The third kappa shape index (κ3) is 3.70. The third-order valence-corrected chi connectivity index (χ3v) is 10.9. The number of carbonyl (C=O) groups is 1. The number of nitrogens with zero attached hydrogens (tertiary/aromatic N) is 2. The number of carbonyl (C=O) groups excluding carboxylic acids is 1. The Labute approximate surface area is 220 Å². The molecule has 2 aromatic rings. The largest absolute Gasteiger partial charge is 0.508 e. The van der Waals surface area contributed by atoms with Crippen molar-refractivity contribution in [3.8, 4) is 5.75 Å². The van der Waals surface area contributed by atoms with E-state index >= 15 is 0 Å². The van der Waals surface area contributed by atoms with E-state index in [9.17, 15) is 14.7 Å². The number of amides is 1. The van der Waals surface area contributed by atoms with E-state index in [1.807, 2.05) is 18.0 Å². The van der Waals surface area contributed by atoms with Crippen molar-refractivity contribution in [2.75, 3.05) is 20.1 Å². The predicted octanol–water partition coefficient (Wildman–Crippen LogP) is 4.72. The number of aromatic amines is 1. The maximum Gasteiger partial charge on any atom is 0.270 e. The lowest BCUT2D eigenvalue weighted by Crippen LogP contribution is -2.67. The van der Waals surface area contributed by atoms with Crippen LogP contribution in [0.4, 0.5) is 0 Å². The molecule has 6 rings (SSSR count). The van der Waals surface area contributed by atoms with Gasteiger partial charge in [0.25, 0.3) is 5.91 Å². The topological polar surface area (TPSA) is 76.6 Å². The van der Waals surface area contributed by atoms with Crippen LogP contribution < -0.4 is 5.56 Å². The number of H-pyrrole nitrogens is 1. The van der Waals surface area contributed by atoms with Crippen molar-refractivity contribution in [1.82, 2.24) is 14.8 Å². The molecular weight excluding hydrogens is 462 g/mol. The van der Waals surface area contributed by atoms with Crippen LogP contribution in [0.5, 0.6) is 5.75 Å². The number of phenolic OH excluding ortho intramolecular Hbond substituents is 1. The number of benzene rings is 1. The summed E-state index contributed by atoms with van der Waals surface area (Å²) >= 11 is 0. The van der Waals surface area contributed by atoms with Crippen molar-refractivity contribution >= 4 is 5.91 Å². The normalized spacial score (nSPS) is 33.2. The number of piperidine rings is 1. The second kappa shape index (κ2) is 9.00. The van der Waals surface area contributed by atoms with Crippen LogP contribution in [0.3, 0.4) is 0 Å². The van der Waals surface area contributed by atoms with Gasteiger partial charge in [-0.25, -0.2) is 0 Å². The number of hydrogen-bond donors (Lipinski definition) is 2. The summed E-state index contributed by atoms with van der Waals surface area (Å²) in [4.78, 5) is 33.0. The van der Waals surface area contributed by atoms with Gasteiger partial charge in [0.05, 0.1) is 0 Å². The molecule has 6 heteroatoms. The van der Waals surface area contributed by atoms with Gasteiger partial charge in [0.1, 0.15) is 11.4 Å². The molecule has 37 heavy (non-hydrogen) atoms. The lowest BCUT2D eigenvalue weighted by Gasteiger charge is -2.64. The van der Waals surface area contributed by atoms with Gasteiger partial charge in [0, 0.05) is 37.2 Å². The zero-order chi connectivity index (χ0) is 25.9. The van der Waals surface area contributed by atoms with Gasteiger partial charge in [0.15, 0.2) is 0 Å². The van der Waals surface area contributed by atoms with Crippen LogP contribution in [-0.4, -0.2) is 58.0 Å². The summed E-state index contributed by atoms with van der Waals surface area (Å²) in [7, 11) is 1.92. The van der Waals surface area contributed by atoms with Crippen LogP contribution in [0.2, 0.25) is 0 Å². The molecule has 1 aromatic heterocycles. The first kappa shape index (κ1) is 24.7. The van der Waals surface area contributed by atoms with Gasteiger partial charge in [0.2, 0.25) is 5.56 Å². The highest BCUT2D eigenvalue weighted by Crippen LogP contribution is 2.70. The van der Waals surface area contributed by atoms with Crippen molar-refractivity contribution in [3.05, 3.63) is 63.6 Å². The smallest absolute Gasteiger partial charge is 0.270 e. The number of hydrogen-bond acceptors (Lipinski definition) is 4. The Balaban J connectivity index is 1.44. The molecule has 0 spiro atoms. The Morgan fingerprint density at radius 1 is 1.14 bits per heavy atom. The molecular formula is C31H41N3O3. The molecule has 2 heterocycles. The number of aryl methyl sites for hydroxylation is 1. The molecule has 4 fully saturated rings. The first-order chi connectivity index (χ1) is 17.8. The standard InChI is InChI=1S/C31H41N3O3/c1-4-22-10-11-23(35)18-25(22)31-16-17-34(19-21-8-9-21)20(2)30(31)14-12-24(31)27(13-15-30)33(3)29(37)26-6-5-7-28(36)32-26/h5-7,10-11,18,20-21,24,27,35H,4,8-9,12-17,19H2,1-3H3,(H,32,36). The van der Waals surface area contributed by atoms with Crippen molar-refractivity contribution < 1.29 is 9.90 Å². The van der Waals surface area contributed by atoms with E-state index in [1.54, 1.807) is 12.1 Å². The van der Waals surface area contributed by atoms with Crippen molar-refractivity contribution in [2.45, 2.75) is 82.7 Å². The van der Waals surface area contributed by atoms with Crippen LogP contribution in [0.25, 0.3) is 0 Å². The average Bonchev–Trinajstić information content (AvgIpc) is 3.69. The molecule has 1 amide bonds. The summed E-state index contributed by atoms with van der Waals surface area (Å²) in [6.07, 6.45) is 9.07. The zero-order valence-corrected chi connectivity index (χ0v) is 22.5. The molecule has 1 aromatic carbocycles. The molecule has 1 aliphatic heterocycles. The zero-order valence-electron chi connectivity index (χ0n) is 22.5. The molecule has 198 valence electrons. The minimum atomic E-state index is -0.247. The van der Waals surface area contributed by atoms with Crippen LogP contribution >= 0.6 is 0 Å². The van der Waals surface area contributed by atoms with Gasteiger partial charge in [-0.2, -0.15) is 0 Å². The summed E-state index contributed by atoms with van der Waals surface area (Å²) in [6, 6.07) is 11.4. The Kier molecular flexibility index (Phi) is 6.02. The lowest BCUT2D eigenvalue weighted by atomic mass is 9.46. The molecule has 5 unspecified atom stereocenters. The minimum absolute atomic E-state index is 0.0713. The van der Waals surface area contributed by atoms with Crippen molar-refractivity contribution in [1.29, 1.82) is 0 Å². The number of aromatic nitrogens is 1. The third-order valence-electron chi connectivity index (χ3n) is 10.9. The first-order valence-electron chi connectivity index (χ1n) is 14.3. The van der Waals surface area contributed by atoms with E-state index in [0.29, 0.717) is 23.4 Å². The van der Waals surface area contributed by atoms with E-state index in [4.69, 9.17) is 0 Å². The van der Waals surface area contributed by atoms with Gasteiger partial charge in [-0.3, -0.25) is 14.5 Å². The van der Waals surface area contributed by atoms with Crippen molar-refractivity contribution in [2.24, 2.45) is 17.3 Å². The van der Waals surface area contributed by atoms with Gasteiger partial charge in [-0.15, -0.1) is 0 Å². The average molecular weight is 504 g/mol. The SMILES string of the molecule is CCc1ccc(O)cc1C12CCN(CC3CC3)C(C)C13CCC(N(C)C(=O)c1cccc(=O)[nH]1)C2CC3. The highest BCUT2D eigenvalue weighted by Gasteiger charge is 2.69. The molecule has 3 aliphatic carbocycles. The summed E-state index contributed by atoms with van der Waals surface area (Å²) in [5, 5.41) is 10.7. The molecule has 6 nitrogen and oxygen atoms in total. The highest BCUT2D eigenvalue weighted by molar-refractivity contribution is 5.92. The second-order valence-electron chi connectivity index (χ2n) is 12.3. The van der Waals surface area contributed by atoms with E-state index in [0.717, 1.165) is 44.6 Å². The molecule has 4 aliphatic rings. The summed E-state index contributed by atoms with van der Waals surface area (Å²) in [5.74, 6) is 1.42. The summed E-state index contributed by atoms with van der Waals surface area (Å²) in [5.41, 5.74) is 2.84. The summed E-state index contributed by atoms with van der Waals surface area (Å²) < 4.78 is 0. The fourth-order valence-electron chi connectivity index (χ4n) is 8.96. The maximum absolute atomic E-state index is 13.6. The fourth-order valence-corrected chi connectivity index (χ4v) is 8.96. The van der Waals surface area contributed by atoms with E-state index in [1.165, 1.54) is 43.0 Å². The Hall–Kier alpha value is -2.60. The Morgan fingerprint density at radius 3 is 2.65 bits per heavy atom. The number of pyridine rings is 1. The number of aromatic hydroxyl groups is 1. The van der Waals surface area contributed by atoms with E-state index in [-0.39, 0.29) is 28.3 Å². The van der Waals surface area contributed by atoms with Crippen LogP contribution in [-0.2, 0) is 11.8 Å². The molecule has 2 N–H and O–H groups in total. The molecule has 2 bridgehead atoms. The van der Waals surface area contributed by atoms with Gasteiger partial charge < -0.3 is 15.0 Å². The Morgan fingerprint density at radius 2 is 1.92 bits per heavy atom. The van der Waals surface area contributed by atoms with Gasteiger partial charge >= 0.3 is 0 Å². The molecule has 1 saturated heterocycles. The number of rotatable bonds is 6. The number of likely N-dealkylation sites (tertiary alicyclic amines) is 1. The van der Waals surface area contributed by atoms with E-state index < -0.39 is 0 Å². The number of nitrogens with one attached hydrogen (secondary N) is 1. The fraction of sp³-hybridized carbons (Fsp3) is 0.613. The molecule has 3 saturated carbocycles.